The minimum absolute atomic E-state index is 0.846. The van der Waals surface area contributed by atoms with Crippen molar-refractivity contribution in [2.24, 2.45) is 11.8 Å². The first-order chi connectivity index (χ1) is 7.63. The van der Waals surface area contributed by atoms with E-state index >= 15 is 0 Å². The van der Waals surface area contributed by atoms with Crippen molar-refractivity contribution in [3.05, 3.63) is 0 Å². The first kappa shape index (κ1) is 13.9. The summed E-state index contributed by atoms with van der Waals surface area (Å²) in [6.45, 7) is 12.0. The second-order valence-electron chi connectivity index (χ2n) is 5.50. The van der Waals surface area contributed by atoms with Crippen molar-refractivity contribution in [2.75, 3.05) is 53.4 Å². The first-order valence-corrected chi connectivity index (χ1v) is 6.71. The highest BCUT2D eigenvalue weighted by Gasteiger charge is 2.24. The summed E-state index contributed by atoms with van der Waals surface area (Å²) < 4.78 is 0. The van der Waals surface area contributed by atoms with Gasteiger partial charge in [-0.3, -0.25) is 0 Å². The van der Waals surface area contributed by atoms with Gasteiger partial charge in [0.05, 0.1) is 0 Å². The minimum Gasteiger partial charge on any atom is -0.316 e. The van der Waals surface area contributed by atoms with Crippen molar-refractivity contribution in [3.63, 3.8) is 0 Å². The molecular weight excluding hydrogens is 198 g/mol. The molecule has 1 aliphatic rings. The Balaban J connectivity index is 2.31. The van der Waals surface area contributed by atoms with Gasteiger partial charge in [0.15, 0.2) is 0 Å². The molecule has 0 aromatic rings. The highest BCUT2D eigenvalue weighted by atomic mass is 15.2. The molecule has 0 radical (unpaired) electrons. The molecule has 1 N–H and O–H groups in total. The normalized spacial score (nSPS) is 25.9. The van der Waals surface area contributed by atoms with Gasteiger partial charge in [0.2, 0.25) is 0 Å². The minimum atomic E-state index is 0.846. The molecule has 96 valence electrons. The fraction of sp³-hybridized carbons (Fsp3) is 1.00. The van der Waals surface area contributed by atoms with Gasteiger partial charge in [-0.1, -0.05) is 13.8 Å². The van der Waals surface area contributed by atoms with Crippen LogP contribution in [0.25, 0.3) is 0 Å². The van der Waals surface area contributed by atoms with Gasteiger partial charge in [-0.05, 0) is 52.0 Å². The third-order valence-corrected chi connectivity index (χ3v) is 3.57. The molecule has 1 heterocycles. The van der Waals surface area contributed by atoms with Crippen LogP contribution in [-0.2, 0) is 0 Å². The molecule has 0 aromatic heterocycles. The molecule has 2 atom stereocenters. The van der Waals surface area contributed by atoms with Crippen LogP contribution in [-0.4, -0.2) is 63.2 Å². The smallest absolute Gasteiger partial charge is 0.0109 e. The Morgan fingerprint density at radius 2 is 1.88 bits per heavy atom. The molecule has 0 saturated carbocycles. The van der Waals surface area contributed by atoms with E-state index in [9.17, 15) is 0 Å². The predicted octanol–water partition coefficient (Wildman–Crippen LogP) is 1.12. The summed E-state index contributed by atoms with van der Waals surface area (Å²) in [6, 6.07) is 0. The van der Waals surface area contributed by atoms with E-state index in [1.807, 2.05) is 0 Å². The maximum Gasteiger partial charge on any atom is 0.0109 e. The number of hydrogen-bond acceptors (Lipinski definition) is 3. The summed E-state index contributed by atoms with van der Waals surface area (Å²) in [5, 5.41) is 3.50. The van der Waals surface area contributed by atoms with Crippen LogP contribution in [0.5, 0.6) is 0 Å². The average molecular weight is 227 g/mol. The van der Waals surface area contributed by atoms with Crippen LogP contribution in [0.15, 0.2) is 0 Å². The highest BCUT2D eigenvalue weighted by molar-refractivity contribution is 4.80. The summed E-state index contributed by atoms with van der Waals surface area (Å²) in [5.74, 6) is 1.70. The summed E-state index contributed by atoms with van der Waals surface area (Å²) in [4.78, 5) is 4.91. The Kier molecular flexibility index (Phi) is 6.32. The summed E-state index contributed by atoms with van der Waals surface area (Å²) in [7, 11) is 4.31. The van der Waals surface area contributed by atoms with Gasteiger partial charge in [0.25, 0.3) is 0 Å². The molecule has 2 unspecified atom stereocenters. The van der Waals surface area contributed by atoms with Crippen molar-refractivity contribution in [3.8, 4) is 0 Å². The number of nitrogens with zero attached hydrogens (tertiary/aromatic N) is 2. The van der Waals surface area contributed by atoms with Crippen LogP contribution < -0.4 is 5.32 Å². The Morgan fingerprint density at radius 1 is 1.12 bits per heavy atom. The van der Waals surface area contributed by atoms with Gasteiger partial charge in [-0.2, -0.15) is 0 Å². The summed E-state index contributed by atoms with van der Waals surface area (Å²) in [6.07, 6.45) is 1.27. The van der Waals surface area contributed by atoms with Crippen molar-refractivity contribution in [2.45, 2.75) is 20.3 Å². The van der Waals surface area contributed by atoms with Crippen LogP contribution in [0.2, 0.25) is 0 Å². The molecule has 0 bridgehead atoms. The molecule has 3 heteroatoms. The Hall–Kier alpha value is -0.120. The van der Waals surface area contributed by atoms with E-state index in [-0.39, 0.29) is 0 Å². The van der Waals surface area contributed by atoms with Gasteiger partial charge in [0, 0.05) is 19.6 Å². The highest BCUT2D eigenvalue weighted by Crippen LogP contribution is 2.17. The largest absolute Gasteiger partial charge is 0.316 e. The molecule has 16 heavy (non-hydrogen) atoms. The number of rotatable bonds is 7. The third kappa shape index (κ3) is 4.81. The van der Waals surface area contributed by atoms with E-state index in [2.05, 4.69) is 43.1 Å². The van der Waals surface area contributed by atoms with E-state index in [0.29, 0.717) is 0 Å². The lowest BCUT2D eigenvalue weighted by molar-refractivity contribution is 0.199. The van der Waals surface area contributed by atoms with E-state index in [0.717, 1.165) is 11.8 Å². The third-order valence-electron chi connectivity index (χ3n) is 3.57. The molecule has 0 spiro atoms. The summed E-state index contributed by atoms with van der Waals surface area (Å²) in [5.41, 5.74) is 0. The van der Waals surface area contributed by atoms with Crippen molar-refractivity contribution < 1.29 is 0 Å². The maximum absolute atomic E-state index is 3.50. The molecule has 0 aromatic carbocycles. The molecule has 0 aliphatic carbocycles. The quantitative estimate of drug-likeness (QED) is 0.703. The fourth-order valence-electron chi connectivity index (χ4n) is 2.39. The van der Waals surface area contributed by atoms with E-state index < -0.39 is 0 Å². The van der Waals surface area contributed by atoms with Gasteiger partial charge in [-0.15, -0.1) is 0 Å². The Labute approximate surface area is 101 Å². The lowest BCUT2D eigenvalue weighted by Crippen LogP contribution is -2.37. The molecule has 1 saturated heterocycles. The fourth-order valence-corrected chi connectivity index (χ4v) is 2.39. The molecule has 1 aliphatic heterocycles. The molecule has 1 fully saturated rings. The van der Waals surface area contributed by atoms with Crippen molar-refractivity contribution in [1.82, 2.24) is 15.1 Å². The summed E-state index contributed by atoms with van der Waals surface area (Å²) >= 11 is 0. The predicted molar refractivity (Wildman–Crippen MR) is 70.8 cm³/mol. The molecule has 0 amide bonds. The van der Waals surface area contributed by atoms with Crippen LogP contribution in [0.1, 0.15) is 20.3 Å². The number of likely N-dealkylation sites (N-methyl/N-ethyl adjacent to an activating group) is 1. The SMILES string of the molecule is CCCN(CCN(C)C)CC1CNCC1C. The lowest BCUT2D eigenvalue weighted by Gasteiger charge is -2.27. The van der Waals surface area contributed by atoms with E-state index in [1.165, 1.54) is 45.7 Å². The standard InChI is InChI=1S/C13H29N3/c1-5-6-16(8-7-15(3)4)11-13-10-14-9-12(13)2/h12-14H,5-11H2,1-4H3. The monoisotopic (exact) mass is 227 g/mol. The van der Waals surface area contributed by atoms with Crippen molar-refractivity contribution >= 4 is 0 Å². The zero-order valence-corrected chi connectivity index (χ0v) is 11.5. The Morgan fingerprint density at radius 3 is 2.38 bits per heavy atom. The van der Waals surface area contributed by atoms with Crippen LogP contribution in [0.4, 0.5) is 0 Å². The van der Waals surface area contributed by atoms with Gasteiger partial charge in [-0.25, -0.2) is 0 Å². The zero-order chi connectivity index (χ0) is 12.0. The van der Waals surface area contributed by atoms with Gasteiger partial charge < -0.3 is 15.1 Å². The van der Waals surface area contributed by atoms with Crippen LogP contribution in [0, 0.1) is 11.8 Å². The number of hydrogen-bond donors (Lipinski definition) is 1. The first-order valence-electron chi connectivity index (χ1n) is 6.71. The molecule has 1 rings (SSSR count). The molecular formula is C13H29N3. The Bertz CT molecular complexity index is 182. The zero-order valence-electron chi connectivity index (χ0n) is 11.5. The lowest BCUT2D eigenvalue weighted by atomic mass is 9.97. The van der Waals surface area contributed by atoms with Crippen LogP contribution >= 0.6 is 0 Å². The second kappa shape index (κ2) is 7.25. The van der Waals surface area contributed by atoms with Gasteiger partial charge >= 0.3 is 0 Å². The second-order valence-corrected chi connectivity index (χ2v) is 5.50. The van der Waals surface area contributed by atoms with Gasteiger partial charge in [0.1, 0.15) is 0 Å². The van der Waals surface area contributed by atoms with Crippen molar-refractivity contribution in [1.29, 1.82) is 0 Å². The topological polar surface area (TPSA) is 18.5 Å². The van der Waals surface area contributed by atoms with E-state index in [4.69, 9.17) is 0 Å². The van der Waals surface area contributed by atoms with E-state index in [1.54, 1.807) is 0 Å². The maximum atomic E-state index is 3.50. The number of nitrogens with one attached hydrogen (secondary N) is 1. The molecule has 3 nitrogen and oxygen atoms in total. The average Bonchev–Trinajstić information content (AvgIpc) is 2.61. The van der Waals surface area contributed by atoms with Crippen LogP contribution in [0.3, 0.4) is 0 Å².